The van der Waals surface area contributed by atoms with Crippen molar-refractivity contribution in [1.82, 2.24) is 9.97 Å². The number of nitrogens with two attached hydrogens (primary N) is 1. The molecule has 0 saturated carbocycles. The molecule has 5 heteroatoms. The Morgan fingerprint density at radius 2 is 2.00 bits per heavy atom. The van der Waals surface area contributed by atoms with Crippen molar-refractivity contribution in [2.75, 3.05) is 5.73 Å². The summed E-state index contributed by atoms with van der Waals surface area (Å²) in [5, 5.41) is 0. The fourth-order valence-corrected chi connectivity index (χ4v) is 1.16. The minimum atomic E-state index is -0.655. The number of anilines is 1. The third-order valence-corrected chi connectivity index (χ3v) is 1.84. The summed E-state index contributed by atoms with van der Waals surface area (Å²) in [6, 6.07) is 1.96. The van der Waals surface area contributed by atoms with Gasteiger partial charge in [0.2, 0.25) is 0 Å². The van der Waals surface area contributed by atoms with Gasteiger partial charge in [0, 0.05) is 18.5 Å². The molecule has 0 aliphatic rings. The Bertz CT molecular complexity index is 451. The van der Waals surface area contributed by atoms with E-state index in [0.717, 1.165) is 12.1 Å². The topological polar surface area (TPSA) is 54.7 Å². The van der Waals surface area contributed by atoms with Gasteiger partial charge in [-0.15, -0.1) is 0 Å². The minimum Gasteiger partial charge on any atom is -0.396 e. The average molecular weight is 195 g/mol. The number of halogens is 2. The second kappa shape index (κ2) is 3.10. The largest absolute Gasteiger partial charge is 0.396 e. The highest BCUT2D eigenvalue weighted by molar-refractivity contribution is 5.60. The van der Waals surface area contributed by atoms with Crippen molar-refractivity contribution in [3.63, 3.8) is 0 Å². The first-order valence-electron chi connectivity index (χ1n) is 3.93. The number of nitrogens with one attached hydrogen (secondary N) is 1. The van der Waals surface area contributed by atoms with Gasteiger partial charge in [-0.05, 0) is 6.07 Å². The fraction of sp³-hybridized carbons (Fsp3) is 0. The molecule has 0 saturated heterocycles. The molecule has 0 radical (unpaired) electrons. The van der Waals surface area contributed by atoms with Crippen LogP contribution in [0.3, 0.4) is 0 Å². The lowest BCUT2D eigenvalue weighted by atomic mass is 10.2. The van der Waals surface area contributed by atoms with Crippen LogP contribution in [0.2, 0.25) is 0 Å². The number of aromatic nitrogens is 2. The van der Waals surface area contributed by atoms with Gasteiger partial charge in [-0.1, -0.05) is 0 Å². The molecule has 1 aromatic carbocycles. The first kappa shape index (κ1) is 8.68. The van der Waals surface area contributed by atoms with Crippen molar-refractivity contribution in [3.05, 3.63) is 36.2 Å². The van der Waals surface area contributed by atoms with Crippen molar-refractivity contribution in [2.45, 2.75) is 0 Å². The van der Waals surface area contributed by atoms with Crippen LogP contribution < -0.4 is 5.73 Å². The molecule has 1 aromatic heterocycles. The lowest BCUT2D eigenvalue weighted by Crippen LogP contribution is -1.95. The van der Waals surface area contributed by atoms with Crippen LogP contribution in [0.4, 0.5) is 14.5 Å². The number of rotatable bonds is 1. The van der Waals surface area contributed by atoms with Gasteiger partial charge in [0.1, 0.15) is 17.5 Å². The van der Waals surface area contributed by atoms with Crippen LogP contribution in [0.15, 0.2) is 24.5 Å². The Morgan fingerprint density at radius 3 is 2.64 bits per heavy atom. The maximum Gasteiger partial charge on any atom is 0.147 e. The number of H-pyrrole nitrogens is 1. The smallest absolute Gasteiger partial charge is 0.147 e. The number of nitrogen functional groups attached to an aromatic ring is 1. The first-order valence-corrected chi connectivity index (χ1v) is 3.93. The maximum atomic E-state index is 13.3. The molecular weight excluding hydrogens is 188 g/mol. The Labute approximate surface area is 78.6 Å². The number of hydrogen-bond donors (Lipinski definition) is 2. The summed E-state index contributed by atoms with van der Waals surface area (Å²) in [6.07, 6.45) is 2.99. The molecule has 3 N–H and O–H groups in total. The predicted molar refractivity (Wildman–Crippen MR) is 48.4 cm³/mol. The molecule has 0 aliphatic heterocycles. The van der Waals surface area contributed by atoms with Crippen LogP contribution in [-0.2, 0) is 0 Å². The molecule has 0 spiro atoms. The van der Waals surface area contributed by atoms with E-state index in [9.17, 15) is 8.78 Å². The molecule has 0 aliphatic carbocycles. The van der Waals surface area contributed by atoms with Gasteiger partial charge in [0.05, 0.1) is 11.3 Å². The van der Waals surface area contributed by atoms with Crippen molar-refractivity contribution in [2.24, 2.45) is 0 Å². The highest BCUT2D eigenvalue weighted by Gasteiger charge is 2.10. The molecule has 0 amide bonds. The Balaban J connectivity index is 2.60. The van der Waals surface area contributed by atoms with Gasteiger partial charge >= 0.3 is 0 Å². The molecular formula is C9H7F2N3. The molecule has 0 unspecified atom stereocenters. The number of hydrogen-bond acceptors (Lipinski definition) is 2. The van der Waals surface area contributed by atoms with Crippen LogP contribution in [0, 0.1) is 11.6 Å². The molecule has 1 heterocycles. The summed E-state index contributed by atoms with van der Waals surface area (Å²) in [7, 11) is 0. The Morgan fingerprint density at radius 1 is 1.21 bits per heavy atom. The molecule has 3 nitrogen and oxygen atoms in total. The zero-order chi connectivity index (χ0) is 10.1. The Hall–Kier alpha value is -1.91. The molecule has 14 heavy (non-hydrogen) atoms. The van der Waals surface area contributed by atoms with E-state index in [1.807, 2.05) is 0 Å². The van der Waals surface area contributed by atoms with E-state index in [0.29, 0.717) is 0 Å². The number of benzene rings is 1. The van der Waals surface area contributed by atoms with Gasteiger partial charge in [0.25, 0.3) is 0 Å². The molecule has 0 fully saturated rings. The number of nitrogens with zero attached hydrogens (tertiary/aromatic N) is 1. The van der Waals surface area contributed by atoms with Crippen LogP contribution in [-0.4, -0.2) is 9.97 Å². The predicted octanol–water partition coefficient (Wildman–Crippen LogP) is 1.94. The zero-order valence-electron chi connectivity index (χ0n) is 7.09. The first-order chi connectivity index (χ1) is 6.68. The zero-order valence-corrected chi connectivity index (χ0v) is 7.09. The van der Waals surface area contributed by atoms with Gasteiger partial charge in [-0.2, -0.15) is 0 Å². The van der Waals surface area contributed by atoms with Crippen molar-refractivity contribution in [1.29, 1.82) is 0 Å². The van der Waals surface area contributed by atoms with Crippen molar-refractivity contribution < 1.29 is 8.78 Å². The van der Waals surface area contributed by atoms with Crippen molar-refractivity contribution in [3.8, 4) is 11.4 Å². The van der Waals surface area contributed by atoms with E-state index < -0.39 is 11.6 Å². The summed E-state index contributed by atoms with van der Waals surface area (Å²) < 4.78 is 26.3. The normalized spacial score (nSPS) is 10.4. The molecule has 2 aromatic rings. The Kier molecular flexibility index (Phi) is 1.92. The highest BCUT2D eigenvalue weighted by Crippen LogP contribution is 2.23. The van der Waals surface area contributed by atoms with Gasteiger partial charge in [-0.3, -0.25) is 0 Å². The van der Waals surface area contributed by atoms with Gasteiger partial charge in [-0.25, -0.2) is 13.8 Å². The average Bonchev–Trinajstić information content (AvgIpc) is 2.64. The summed E-state index contributed by atoms with van der Waals surface area (Å²) in [4.78, 5) is 6.50. The third kappa shape index (κ3) is 1.32. The summed E-state index contributed by atoms with van der Waals surface area (Å²) in [6.45, 7) is 0. The molecule has 0 atom stereocenters. The van der Waals surface area contributed by atoms with Crippen LogP contribution in [0.1, 0.15) is 0 Å². The second-order valence-electron chi connectivity index (χ2n) is 2.79. The fourth-order valence-electron chi connectivity index (χ4n) is 1.16. The van der Waals surface area contributed by atoms with Gasteiger partial charge < -0.3 is 10.7 Å². The van der Waals surface area contributed by atoms with E-state index >= 15 is 0 Å². The highest BCUT2D eigenvalue weighted by atomic mass is 19.1. The van der Waals surface area contributed by atoms with E-state index in [-0.39, 0.29) is 17.1 Å². The van der Waals surface area contributed by atoms with Crippen LogP contribution >= 0.6 is 0 Å². The monoisotopic (exact) mass is 195 g/mol. The molecule has 72 valence electrons. The standard InChI is InChI=1S/C9H7F2N3/c10-6-4-8(12)7(11)3-5(6)9-13-1-2-14-9/h1-4H,12H2,(H,13,14). The molecule has 2 rings (SSSR count). The minimum absolute atomic E-state index is 0.0710. The number of aromatic amines is 1. The molecule has 0 bridgehead atoms. The lowest BCUT2D eigenvalue weighted by Gasteiger charge is -2.02. The van der Waals surface area contributed by atoms with E-state index in [1.54, 1.807) is 0 Å². The summed E-state index contributed by atoms with van der Waals surface area (Å²) in [5.74, 6) is -0.974. The third-order valence-electron chi connectivity index (χ3n) is 1.84. The van der Waals surface area contributed by atoms with E-state index in [1.165, 1.54) is 12.4 Å². The van der Waals surface area contributed by atoms with Gasteiger partial charge in [0.15, 0.2) is 0 Å². The quantitative estimate of drug-likeness (QED) is 0.683. The van der Waals surface area contributed by atoms with Crippen LogP contribution in [0.25, 0.3) is 11.4 Å². The summed E-state index contributed by atoms with van der Waals surface area (Å²) in [5.41, 5.74) is 5.06. The number of imidazole rings is 1. The second-order valence-corrected chi connectivity index (χ2v) is 2.79. The van der Waals surface area contributed by atoms with E-state index in [2.05, 4.69) is 9.97 Å². The van der Waals surface area contributed by atoms with Crippen molar-refractivity contribution >= 4 is 5.69 Å². The lowest BCUT2D eigenvalue weighted by molar-refractivity contribution is 0.606. The van der Waals surface area contributed by atoms with Crippen LogP contribution in [0.5, 0.6) is 0 Å². The maximum absolute atomic E-state index is 13.3. The van der Waals surface area contributed by atoms with E-state index in [4.69, 9.17) is 5.73 Å². The summed E-state index contributed by atoms with van der Waals surface area (Å²) >= 11 is 0. The SMILES string of the molecule is Nc1cc(F)c(-c2ncc[nH]2)cc1F.